The summed E-state index contributed by atoms with van der Waals surface area (Å²) in [6.45, 7) is 0.895. The van der Waals surface area contributed by atoms with Crippen LogP contribution in [0.4, 0.5) is 13.2 Å². The van der Waals surface area contributed by atoms with Crippen molar-refractivity contribution in [3.8, 4) is 11.4 Å². The molecule has 0 atom stereocenters. The molecule has 0 radical (unpaired) electrons. The molecule has 0 unspecified atom stereocenters. The third-order valence-electron chi connectivity index (χ3n) is 4.57. The van der Waals surface area contributed by atoms with Crippen LogP contribution in [-0.2, 0) is 19.5 Å². The fourth-order valence-corrected chi connectivity index (χ4v) is 3.19. The zero-order chi connectivity index (χ0) is 19.0. The van der Waals surface area contributed by atoms with E-state index in [4.69, 9.17) is 0 Å². The summed E-state index contributed by atoms with van der Waals surface area (Å²) in [5, 5.41) is 0. The molecule has 4 rings (SSSR count). The first-order chi connectivity index (χ1) is 13.0. The van der Waals surface area contributed by atoms with Gasteiger partial charge in [0.05, 0.1) is 5.69 Å². The Morgan fingerprint density at radius 3 is 2.74 bits per heavy atom. The maximum Gasteiger partial charge on any atom is 0.254 e. The highest BCUT2D eigenvalue weighted by Crippen LogP contribution is 2.21. The average molecular weight is 372 g/mol. The molecule has 1 N–H and O–H groups in total. The molecule has 2 aromatic heterocycles. The molecule has 0 fully saturated rings. The second kappa shape index (κ2) is 6.96. The lowest BCUT2D eigenvalue weighted by Crippen LogP contribution is -2.35. The van der Waals surface area contributed by atoms with Crippen LogP contribution in [0.1, 0.15) is 16.8 Å². The first-order valence-electron chi connectivity index (χ1n) is 8.39. The van der Waals surface area contributed by atoms with Crippen LogP contribution in [0.3, 0.4) is 0 Å². The third-order valence-corrected chi connectivity index (χ3v) is 4.57. The van der Waals surface area contributed by atoms with Crippen molar-refractivity contribution < 1.29 is 13.2 Å². The predicted octanol–water partition coefficient (Wildman–Crippen LogP) is 2.81. The molecular formula is C19H15F3N4O. The number of aromatic amines is 1. The van der Waals surface area contributed by atoms with Crippen LogP contribution in [0.2, 0.25) is 0 Å². The Kier molecular flexibility index (Phi) is 4.49. The Labute approximate surface area is 152 Å². The lowest BCUT2D eigenvalue weighted by molar-refractivity contribution is 0.236. The fraction of sp³-hybridized carbons (Fsp3) is 0.211. The van der Waals surface area contributed by atoms with Crippen LogP contribution >= 0.6 is 0 Å². The Morgan fingerprint density at radius 2 is 1.96 bits per heavy atom. The zero-order valence-corrected chi connectivity index (χ0v) is 14.2. The maximum atomic E-state index is 13.9. The molecule has 5 nitrogen and oxygen atoms in total. The highest BCUT2D eigenvalue weighted by atomic mass is 19.2. The van der Waals surface area contributed by atoms with Crippen molar-refractivity contribution in [1.82, 2.24) is 19.9 Å². The number of halogens is 3. The summed E-state index contributed by atoms with van der Waals surface area (Å²) in [6.07, 6.45) is 3.66. The van der Waals surface area contributed by atoms with Crippen LogP contribution in [0.25, 0.3) is 11.4 Å². The normalized spacial score (nSPS) is 14.2. The van der Waals surface area contributed by atoms with Crippen molar-refractivity contribution in [1.29, 1.82) is 0 Å². The van der Waals surface area contributed by atoms with Crippen LogP contribution < -0.4 is 5.56 Å². The molecule has 1 aromatic carbocycles. The molecule has 0 spiro atoms. The number of rotatable bonds is 3. The first kappa shape index (κ1) is 17.4. The summed E-state index contributed by atoms with van der Waals surface area (Å²) in [4.78, 5) is 25.5. The largest absolute Gasteiger partial charge is 0.306 e. The molecule has 0 bridgehead atoms. The second-order valence-electron chi connectivity index (χ2n) is 6.40. The van der Waals surface area contributed by atoms with E-state index >= 15 is 0 Å². The molecule has 1 aliphatic rings. The number of pyridine rings is 1. The Balaban J connectivity index is 1.62. The molecule has 0 saturated carbocycles. The van der Waals surface area contributed by atoms with E-state index in [9.17, 15) is 18.0 Å². The van der Waals surface area contributed by atoms with E-state index in [0.29, 0.717) is 48.2 Å². The van der Waals surface area contributed by atoms with Gasteiger partial charge in [0.1, 0.15) is 11.6 Å². The topological polar surface area (TPSA) is 61.9 Å². The Bertz CT molecular complexity index is 1050. The van der Waals surface area contributed by atoms with Crippen LogP contribution in [-0.4, -0.2) is 26.4 Å². The summed E-state index contributed by atoms with van der Waals surface area (Å²) in [5.41, 5.74) is 1.71. The second-order valence-corrected chi connectivity index (χ2v) is 6.40. The first-order valence-corrected chi connectivity index (χ1v) is 8.39. The average Bonchev–Trinajstić information content (AvgIpc) is 2.66. The van der Waals surface area contributed by atoms with E-state index < -0.39 is 17.5 Å². The highest BCUT2D eigenvalue weighted by Gasteiger charge is 2.23. The molecule has 3 heterocycles. The van der Waals surface area contributed by atoms with Gasteiger partial charge in [-0.1, -0.05) is 0 Å². The lowest BCUT2D eigenvalue weighted by Gasteiger charge is -2.27. The molecule has 3 aromatic rings. The molecule has 1 aliphatic heterocycles. The van der Waals surface area contributed by atoms with E-state index in [1.54, 1.807) is 24.5 Å². The van der Waals surface area contributed by atoms with Crippen molar-refractivity contribution in [3.05, 3.63) is 81.3 Å². The zero-order valence-electron chi connectivity index (χ0n) is 14.2. The number of hydrogen-bond donors (Lipinski definition) is 1. The third kappa shape index (κ3) is 3.48. The Hall–Kier alpha value is -3.00. The molecule has 0 amide bonds. The van der Waals surface area contributed by atoms with E-state index in [-0.39, 0.29) is 17.7 Å². The summed E-state index contributed by atoms with van der Waals surface area (Å²) < 4.78 is 40.4. The van der Waals surface area contributed by atoms with Gasteiger partial charge in [-0.3, -0.25) is 14.7 Å². The molecule has 27 heavy (non-hydrogen) atoms. The van der Waals surface area contributed by atoms with Crippen LogP contribution in [0, 0.1) is 17.5 Å². The number of benzene rings is 1. The van der Waals surface area contributed by atoms with Gasteiger partial charge in [0.15, 0.2) is 11.6 Å². The van der Waals surface area contributed by atoms with Crippen molar-refractivity contribution in [2.45, 2.75) is 19.5 Å². The molecule has 0 aliphatic carbocycles. The number of nitrogens with one attached hydrogen (secondary N) is 1. The standard InChI is InChI=1S/C19H15F3N4O/c20-14-7-16(22)15(21)6-12(14)9-26-5-3-13-17(10-26)24-18(25-19(13)27)11-2-1-4-23-8-11/h1-2,4,6-8H,3,5,9-10H2,(H,24,25,27). The van der Waals surface area contributed by atoms with Gasteiger partial charge in [-0.2, -0.15) is 0 Å². The van der Waals surface area contributed by atoms with E-state index in [2.05, 4.69) is 15.0 Å². The van der Waals surface area contributed by atoms with Gasteiger partial charge in [0.25, 0.3) is 5.56 Å². The van der Waals surface area contributed by atoms with Crippen LogP contribution in [0.5, 0.6) is 0 Å². The van der Waals surface area contributed by atoms with Gasteiger partial charge in [0, 0.05) is 54.8 Å². The van der Waals surface area contributed by atoms with Crippen molar-refractivity contribution >= 4 is 0 Å². The smallest absolute Gasteiger partial charge is 0.254 e. The van der Waals surface area contributed by atoms with E-state index in [1.807, 2.05) is 4.90 Å². The monoisotopic (exact) mass is 372 g/mol. The summed E-state index contributed by atoms with van der Waals surface area (Å²) in [6, 6.07) is 4.94. The van der Waals surface area contributed by atoms with Crippen molar-refractivity contribution in [2.24, 2.45) is 0 Å². The van der Waals surface area contributed by atoms with Gasteiger partial charge >= 0.3 is 0 Å². The van der Waals surface area contributed by atoms with Gasteiger partial charge in [-0.05, 0) is 24.6 Å². The number of aromatic nitrogens is 3. The van der Waals surface area contributed by atoms with Crippen LogP contribution in [0.15, 0.2) is 41.5 Å². The number of nitrogens with zero attached hydrogens (tertiary/aromatic N) is 3. The van der Waals surface area contributed by atoms with Gasteiger partial charge in [-0.25, -0.2) is 18.2 Å². The number of fused-ring (bicyclic) bond motifs is 1. The summed E-state index contributed by atoms with van der Waals surface area (Å²) >= 11 is 0. The quantitative estimate of drug-likeness (QED) is 0.719. The molecule has 0 saturated heterocycles. The summed E-state index contributed by atoms with van der Waals surface area (Å²) in [5.74, 6) is -2.69. The lowest BCUT2D eigenvalue weighted by atomic mass is 10.0. The molecule has 138 valence electrons. The van der Waals surface area contributed by atoms with Gasteiger partial charge in [-0.15, -0.1) is 0 Å². The number of hydrogen-bond acceptors (Lipinski definition) is 4. The van der Waals surface area contributed by atoms with E-state index in [1.165, 1.54) is 0 Å². The maximum absolute atomic E-state index is 13.9. The SMILES string of the molecule is O=c1[nH]c(-c2cccnc2)nc2c1CCN(Cc1cc(F)c(F)cc1F)C2. The summed E-state index contributed by atoms with van der Waals surface area (Å²) in [7, 11) is 0. The van der Waals surface area contributed by atoms with Crippen molar-refractivity contribution in [3.63, 3.8) is 0 Å². The minimum Gasteiger partial charge on any atom is -0.306 e. The molecule has 8 heteroatoms. The van der Waals surface area contributed by atoms with Gasteiger partial charge < -0.3 is 4.98 Å². The van der Waals surface area contributed by atoms with Crippen molar-refractivity contribution in [2.75, 3.05) is 6.54 Å². The minimum atomic E-state index is -1.21. The Morgan fingerprint density at radius 1 is 1.15 bits per heavy atom. The highest BCUT2D eigenvalue weighted by molar-refractivity contribution is 5.53. The predicted molar refractivity (Wildman–Crippen MR) is 92.2 cm³/mol. The minimum absolute atomic E-state index is 0.0645. The van der Waals surface area contributed by atoms with E-state index in [0.717, 1.165) is 6.07 Å². The fourth-order valence-electron chi connectivity index (χ4n) is 3.19. The number of H-pyrrole nitrogens is 1. The van der Waals surface area contributed by atoms with Gasteiger partial charge in [0.2, 0.25) is 0 Å². The molecular weight excluding hydrogens is 357 g/mol.